The van der Waals surface area contributed by atoms with Crippen molar-refractivity contribution in [2.45, 2.75) is 13.5 Å². The number of furan rings is 1. The molecule has 0 saturated heterocycles. The highest BCUT2D eigenvalue weighted by atomic mass is 16.3. The fourth-order valence-corrected chi connectivity index (χ4v) is 2.87. The van der Waals surface area contributed by atoms with Crippen LogP contribution in [0.25, 0.3) is 0 Å². The van der Waals surface area contributed by atoms with Crippen LogP contribution < -0.4 is 10.6 Å². The maximum atomic E-state index is 12.7. The van der Waals surface area contributed by atoms with E-state index >= 15 is 0 Å². The van der Waals surface area contributed by atoms with Crippen molar-refractivity contribution in [3.8, 4) is 0 Å². The van der Waals surface area contributed by atoms with Gasteiger partial charge in [0, 0.05) is 5.69 Å². The van der Waals surface area contributed by atoms with Crippen LogP contribution >= 0.6 is 0 Å². The molecule has 1 aromatic heterocycles. The molecule has 0 fully saturated rings. The molecule has 0 aliphatic heterocycles. The average molecular weight is 377 g/mol. The van der Waals surface area contributed by atoms with Crippen LogP contribution in [0, 0.1) is 6.92 Å². The highest BCUT2D eigenvalue weighted by Crippen LogP contribution is 2.18. The van der Waals surface area contributed by atoms with Gasteiger partial charge >= 0.3 is 0 Å². The molecule has 3 rings (SSSR count). The minimum Gasteiger partial charge on any atom is -0.468 e. The summed E-state index contributed by atoms with van der Waals surface area (Å²) in [5.41, 5.74) is 2.65. The molecule has 2 N–H and O–H groups in total. The maximum absolute atomic E-state index is 12.7. The van der Waals surface area contributed by atoms with Gasteiger partial charge in [-0.05, 0) is 55.9 Å². The topological polar surface area (TPSA) is 74.6 Å². The van der Waals surface area contributed by atoms with Crippen LogP contribution in [-0.4, -0.2) is 30.3 Å². The van der Waals surface area contributed by atoms with Crippen molar-refractivity contribution in [2.24, 2.45) is 0 Å². The number of likely N-dealkylation sites (N-methyl/N-ethyl adjacent to an activating group) is 1. The van der Waals surface area contributed by atoms with Crippen molar-refractivity contribution in [2.75, 3.05) is 24.2 Å². The van der Waals surface area contributed by atoms with Crippen LogP contribution in [0.5, 0.6) is 0 Å². The lowest BCUT2D eigenvalue weighted by Gasteiger charge is -2.16. The molecule has 0 bridgehead atoms. The molecule has 0 aliphatic carbocycles. The van der Waals surface area contributed by atoms with Gasteiger partial charge in [-0.2, -0.15) is 0 Å². The first-order chi connectivity index (χ1) is 13.5. The van der Waals surface area contributed by atoms with Crippen molar-refractivity contribution in [1.82, 2.24) is 4.90 Å². The molecular weight excluding hydrogens is 354 g/mol. The van der Waals surface area contributed by atoms with Gasteiger partial charge in [0.15, 0.2) is 0 Å². The van der Waals surface area contributed by atoms with Crippen LogP contribution in [0.1, 0.15) is 21.7 Å². The number of para-hydroxylation sites is 1. The van der Waals surface area contributed by atoms with Crippen molar-refractivity contribution < 1.29 is 14.0 Å². The predicted molar refractivity (Wildman–Crippen MR) is 109 cm³/mol. The Morgan fingerprint density at radius 3 is 2.57 bits per heavy atom. The number of anilines is 2. The Labute approximate surface area is 164 Å². The van der Waals surface area contributed by atoms with Gasteiger partial charge in [0.05, 0.1) is 30.6 Å². The summed E-state index contributed by atoms with van der Waals surface area (Å²) in [5.74, 6) is 0.309. The van der Waals surface area contributed by atoms with E-state index in [2.05, 4.69) is 10.6 Å². The van der Waals surface area contributed by atoms with E-state index in [1.807, 2.05) is 55.3 Å². The number of amides is 2. The Balaban J connectivity index is 1.64. The van der Waals surface area contributed by atoms with Gasteiger partial charge in [0.1, 0.15) is 5.76 Å². The van der Waals surface area contributed by atoms with E-state index < -0.39 is 0 Å². The quantitative estimate of drug-likeness (QED) is 0.655. The molecule has 6 nitrogen and oxygen atoms in total. The molecule has 6 heteroatoms. The van der Waals surface area contributed by atoms with Gasteiger partial charge in [0.25, 0.3) is 5.91 Å². The molecule has 144 valence electrons. The average Bonchev–Trinajstić information content (AvgIpc) is 3.14. The van der Waals surface area contributed by atoms with E-state index in [-0.39, 0.29) is 18.4 Å². The molecule has 0 atom stereocenters. The SMILES string of the molecule is Cc1cccc(NC(=O)c2ccccc2NC(=O)CN(C)Cc2ccco2)c1. The van der Waals surface area contributed by atoms with E-state index in [1.165, 1.54) is 0 Å². The summed E-state index contributed by atoms with van der Waals surface area (Å²) >= 11 is 0. The number of aryl methyl sites for hydroxylation is 1. The predicted octanol–water partition coefficient (Wildman–Crippen LogP) is 3.91. The minimum atomic E-state index is -0.273. The molecule has 1 heterocycles. The Hall–Kier alpha value is -3.38. The highest BCUT2D eigenvalue weighted by molar-refractivity contribution is 6.10. The number of hydrogen-bond acceptors (Lipinski definition) is 4. The van der Waals surface area contributed by atoms with E-state index in [1.54, 1.807) is 30.5 Å². The lowest BCUT2D eigenvalue weighted by molar-refractivity contribution is -0.117. The van der Waals surface area contributed by atoms with Gasteiger partial charge in [-0.25, -0.2) is 0 Å². The lowest BCUT2D eigenvalue weighted by Crippen LogP contribution is -2.30. The second kappa shape index (κ2) is 9.01. The molecule has 0 aliphatic rings. The van der Waals surface area contributed by atoms with Gasteiger partial charge < -0.3 is 15.1 Å². The van der Waals surface area contributed by atoms with E-state index in [0.717, 1.165) is 11.3 Å². The van der Waals surface area contributed by atoms with Gasteiger partial charge in [-0.1, -0.05) is 24.3 Å². The van der Waals surface area contributed by atoms with Crippen LogP contribution in [0.15, 0.2) is 71.3 Å². The Morgan fingerprint density at radius 1 is 1.00 bits per heavy atom. The second-order valence-electron chi connectivity index (χ2n) is 6.67. The highest BCUT2D eigenvalue weighted by Gasteiger charge is 2.15. The largest absolute Gasteiger partial charge is 0.468 e. The summed E-state index contributed by atoms with van der Waals surface area (Å²) in [5, 5.41) is 5.70. The Morgan fingerprint density at radius 2 is 1.82 bits per heavy atom. The number of benzene rings is 2. The lowest BCUT2D eigenvalue weighted by atomic mass is 10.1. The molecule has 3 aromatic rings. The summed E-state index contributed by atoms with van der Waals surface area (Å²) in [6.45, 7) is 2.66. The van der Waals surface area contributed by atoms with Crippen molar-refractivity contribution in [3.63, 3.8) is 0 Å². The van der Waals surface area contributed by atoms with Gasteiger partial charge in [-0.15, -0.1) is 0 Å². The fraction of sp³-hybridized carbons (Fsp3) is 0.182. The number of carbonyl (C=O) groups excluding carboxylic acids is 2. The monoisotopic (exact) mass is 377 g/mol. The first-order valence-corrected chi connectivity index (χ1v) is 8.99. The molecule has 0 unspecified atom stereocenters. The standard InChI is InChI=1S/C22H23N3O3/c1-16-7-5-8-17(13-16)23-22(27)19-10-3-4-11-20(19)24-21(26)15-25(2)14-18-9-6-12-28-18/h3-13H,14-15H2,1-2H3,(H,23,27)(H,24,26). The number of rotatable bonds is 7. The first kappa shape index (κ1) is 19.4. The maximum Gasteiger partial charge on any atom is 0.257 e. The summed E-state index contributed by atoms with van der Waals surface area (Å²) in [4.78, 5) is 26.9. The minimum absolute atomic E-state index is 0.175. The van der Waals surface area contributed by atoms with Crippen molar-refractivity contribution in [1.29, 1.82) is 0 Å². The third kappa shape index (κ3) is 5.31. The van der Waals surface area contributed by atoms with Gasteiger partial charge in [0.2, 0.25) is 5.91 Å². The van der Waals surface area contributed by atoms with Crippen LogP contribution in [0.4, 0.5) is 11.4 Å². The number of nitrogens with zero attached hydrogens (tertiary/aromatic N) is 1. The van der Waals surface area contributed by atoms with Crippen molar-refractivity contribution in [3.05, 3.63) is 83.8 Å². The van der Waals surface area contributed by atoms with Crippen LogP contribution in [0.2, 0.25) is 0 Å². The number of carbonyl (C=O) groups is 2. The third-order valence-corrected chi connectivity index (χ3v) is 4.14. The molecule has 2 amide bonds. The normalized spacial score (nSPS) is 10.7. The van der Waals surface area contributed by atoms with E-state index in [4.69, 9.17) is 4.42 Å². The molecule has 28 heavy (non-hydrogen) atoms. The Bertz CT molecular complexity index is 951. The zero-order chi connectivity index (χ0) is 19.9. The molecule has 0 saturated carbocycles. The summed E-state index contributed by atoms with van der Waals surface area (Å²) in [6, 6.07) is 18.2. The van der Waals surface area contributed by atoms with Crippen LogP contribution in [-0.2, 0) is 11.3 Å². The summed E-state index contributed by atoms with van der Waals surface area (Å²) < 4.78 is 5.29. The first-order valence-electron chi connectivity index (χ1n) is 8.99. The third-order valence-electron chi connectivity index (χ3n) is 4.14. The van der Waals surface area contributed by atoms with Crippen molar-refractivity contribution >= 4 is 23.2 Å². The van der Waals surface area contributed by atoms with E-state index in [0.29, 0.717) is 23.5 Å². The second-order valence-corrected chi connectivity index (χ2v) is 6.67. The molecule has 0 spiro atoms. The van der Waals surface area contributed by atoms with Gasteiger partial charge in [-0.3, -0.25) is 14.5 Å². The fourth-order valence-electron chi connectivity index (χ4n) is 2.87. The molecular formula is C22H23N3O3. The zero-order valence-corrected chi connectivity index (χ0v) is 15.9. The van der Waals surface area contributed by atoms with E-state index in [9.17, 15) is 9.59 Å². The summed E-state index contributed by atoms with van der Waals surface area (Å²) in [7, 11) is 1.83. The number of nitrogens with one attached hydrogen (secondary N) is 2. The zero-order valence-electron chi connectivity index (χ0n) is 15.9. The molecule has 0 radical (unpaired) electrons. The van der Waals surface area contributed by atoms with Crippen LogP contribution in [0.3, 0.4) is 0 Å². The molecule has 2 aromatic carbocycles. The Kier molecular flexibility index (Phi) is 6.24. The smallest absolute Gasteiger partial charge is 0.257 e. The number of hydrogen-bond donors (Lipinski definition) is 2. The summed E-state index contributed by atoms with van der Waals surface area (Å²) in [6.07, 6.45) is 1.60.